The summed E-state index contributed by atoms with van der Waals surface area (Å²) in [6.45, 7) is 2.02. The molecule has 3 heteroatoms. The first-order valence-electron chi connectivity index (χ1n) is 3.05. The van der Waals surface area contributed by atoms with E-state index in [1.807, 2.05) is 26.1 Å². The second-order valence-electron chi connectivity index (χ2n) is 2.05. The molecule has 0 aliphatic carbocycles. The number of hydrogen-bond acceptors (Lipinski definition) is 2. The maximum absolute atomic E-state index is 4.20. The molecule has 2 nitrogen and oxygen atoms in total. The highest BCUT2D eigenvalue weighted by Crippen LogP contribution is 2.14. The van der Waals surface area contributed by atoms with Gasteiger partial charge in [0, 0.05) is 7.05 Å². The number of pyridine rings is 1. The molecule has 0 atom stereocenters. The van der Waals surface area contributed by atoms with Gasteiger partial charge in [-0.2, -0.15) is 0 Å². The van der Waals surface area contributed by atoms with Crippen LogP contribution in [0.4, 0.5) is 5.82 Å². The molecular weight excluding hydrogens is 192 g/mol. The van der Waals surface area contributed by atoms with Gasteiger partial charge < -0.3 is 5.32 Å². The smallest absolute Gasteiger partial charge is 0.129 e. The molecule has 1 N–H and O–H groups in total. The van der Waals surface area contributed by atoms with Crippen molar-refractivity contribution in [1.29, 1.82) is 0 Å². The normalized spacial score (nSPS) is 9.50. The number of rotatable bonds is 1. The Kier molecular flexibility index (Phi) is 2.27. The average molecular weight is 201 g/mol. The van der Waals surface area contributed by atoms with E-state index in [2.05, 4.69) is 26.2 Å². The third kappa shape index (κ3) is 1.48. The van der Waals surface area contributed by atoms with Crippen molar-refractivity contribution in [3.8, 4) is 0 Å². The van der Waals surface area contributed by atoms with E-state index >= 15 is 0 Å². The van der Waals surface area contributed by atoms with Gasteiger partial charge in [-0.25, -0.2) is 4.98 Å². The molecule has 54 valence electrons. The van der Waals surface area contributed by atoms with E-state index in [0.29, 0.717) is 0 Å². The van der Waals surface area contributed by atoms with Crippen molar-refractivity contribution in [2.45, 2.75) is 6.92 Å². The first-order chi connectivity index (χ1) is 4.74. The summed E-state index contributed by atoms with van der Waals surface area (Å²) in [5.41, 5.74) is 1.16. The van der Waals surface area contributed by atoms with Crippen molar-refractivity contribution in [2.75, 3.05) is 12.4 Å². The van der Waals surface area contributed by atoms with Gasteiger partial charge in [-0.1, -0.05) is 6.07 Å². The lowest BCUT2D eigenvalue weighted by Gasteiger charge is -2.02. The highest BCUT2D eigenvalue weighted by atomic mass is 79.9. The molecule has 0 aliphatic heterocycles. The number of nitrogens with zero attached hydrogens (tertiary/aromatic N) is 1. The van der Waals surface area contributed by atoms with E-state index in [9.17, 15) is 0 Å². The molecule has 1 aromatic rings. The molecule has 0 saturated carbocycles. The SMILES string of the molecule is CNc1nc(Br)ccc1C. The average Bonchev–Trinajstić information content (AvgIpc) is 1.94. The lowest BCUT2D eigenvalue weighted by molar-refractivity contribution is 1.21. The van der Waals surface area contributed by atoms with Crippen LogP contribution in [-0.4, -0.2) is 12.0 Å². The van der Waals surface area contributed by atoms with Gasteiger partial charge in [-0.3, -0.25) is 0 Å². The molecule has 0 saturated heterocycles. The molecule has 1 rings (SSSR count). The monoisotopic (exact) mass is 200 g/mol. The first kappa shape index (κ1) is 7.54. The van der Waals surface area contributed by atoms with Gasteiger partial charge in [-0.05, 0) is 34.5 Å². The third-order valence-corrected chi connectivity index (χ3v) is 1.74. The predicted octanol–water partition coefficient (Wildman–Crippen LogP) is 2.19. The molecule has 1 heterocycles. The summed E-state index contributed by atoms with van der Waals surface area (Å²) in [5.74, 6) is 0.925. The van der Waals surface area contributed by atoms with Gasteiger partial charge >= 0.3 is 0 Å². The quantitative estimate of drug-likeness (QED) is 0.704. The molecule has 0 radical (unpaired) electrons. The van der Waals surface area contributed by atoms with Crippen LogP contribution in [-0.2, 0) is 0 Å². The maximum atomic E-state index is 4.20. The fraction of sp³-hybridized carbons (Fsp3) is 0.286. The van der Waals surface area contributed by atoms with Crippen LogP contribution in [0.3, 0.4) is 0 Å². The zero-order valence-electron chi connectivity index (χ0n) is 5.98. The van der Waals surface area contributed by atoms with E-state index in [1.54, 1.807) is 0 Å². The lowest BCUT2D eigenvalue weighted by Crippen LogP contribution is -1.94. The number of anilines is 1. The zero-order chi connectivity index (χ0) is 7.56. The third-order valence-electron chi connectivity index (χ3n) is 1.30. The Hall–Kier alpha value is -0.570. The van der Waals surface area contributed by atoms with Gasteiger partial charge in [0.2, 0.25) is 0 Å². The Morgan fingerprint density at radius 2 is 2.20 bits per heavy atom. The summed E-state index contributed by atoms with van der Waals surface area (Å²) >= 11 is 3.29. The molecule has 0 amide bonds. The first-order valence-corrected chi connectivity index (χ1v) is 3.84. The fourth-order valence-corrected chi connectivity index (χ4v) is 1.07. The molecular formula is C7H9BrN2. The van der Waals surface area contributed by atoms with Crippen LogP contribution in [0.2, 0.25) is 0 Å². The predicted molar refractivity (Wildman–Crippen MR) is 46.2 cm³/mol. The van der Waals surface area contributed by atoms with Gasteiger partial charge in [0.25, 0.3) is 0 Å². The standard InChI is InChI=1S/C7H9BrN2/c1-5-3-4-6(8)10-7(5)9-2/h3-4H,1-2H3,(H,9,10). The van der Waals surface area contributed by atoms with E-state index in [-0.39, 0.29) is 0 Å². The van der Waals surface area contributed by atoms with Crippen LogP contribution in [0, 0.1) is 6.92 Å². The number of aromatic nitrogens is 1. The summed E-state index contributed by atoms with van der Waals surface area (Å²) < 4.78 is 0.863. The highest BCUT2D eigenvalue weighted by Gasteiger charge is 1.95. The molecule has 0 unspecified atom stereocenters. The van der Waals surface area contributed by atoms with Gasteiger partial charge in [0.1, 0.15) is 10.4 Å². The Labute approximate surface area is 68.8 Å². The molecule has 0 aromatic carbocycles. The van der Waals surface area contributed by atoms with Crippen molar-refractivity contribution >= 4 is 21.7 Å². The lowest BCUT2D eigenvalue weighted by atomic mass is 10.3. The van der Waals surface area contributed by atoms with Crippen LogP contribution in [0.5, 0.6) is 0 Å². The van der Waals surface area contributed by atoms with Crippen molar-refractivity contribution in [1.82, 2.24) is 4.98 Å². The minimum absolute atomic E-state index is 0.863. The van der Waals surface area contributed by atoms with Crippen molar-refractivity contribution in [3.05, 3.63) is 22.3 Å². The van der Waals surface area contributed by atoms with Crippen LogP contribution in [0.25, 0.3) is 0 Å². The van der Waals surface area contributed by atoms with Crippen LogP contribution in [0.1, 0.15) is 5.56 Å². The number of hydrogen-bond donors (Lipinski definition) is 1. The molecule has 0 aliphatic rings. The van der Waals surface area contributed by atoms with Crippen molar-refractivity contribution in [2.24, 2.45) is 0 Å². The van der Waals surface area contributed by atoms with Crippen molar-refractivity contribution in [3.63, 3.8) is 0 Å². The summed E-state index contributed by atoms with van der Waals surface area (Å²) in [6, 6.07) is 3.94. The minimum atomic E-state index is 0.863. The number of nitrogens with one attached hydrogen (secondary N) is 1. The van der Waals surface area contributed by atoms with E-state index in [0.717, 1.165) is 16.0 Å². The van der Waals surface area contributed by atoms with E-state index < -0.39 is 0 Å². The molecule has 1 aromatic heterocycles. The van der Waals surface area contributed by atoms with Gasteiger partial charge in [-0.15, -0.1) is 0 Å². The van der Waals surface area contributed by atoms with Crippen LogP contribution < -0.4 is 5.32 Å². The molecule has 0 fully saturated rings. The molecule has 0 spiro atoms. The summed E-state index contributed by atoms with van der Waals surface area (Å²) in [5, 5.41) is 2.99. The topological polar surface area (TPSA) is 24.9 Å². The summed E-state index contributed by atoms with van der Waals surface area (Å²) in [4.78, 5) is 4.20. The van der Waals surface area contributed by atoms with Crippen LogP contribution in [0.15, 0.2) is 16.7 Å². The van der Waals surface area contributed by atoms with Crippen LogP contribution >= 0.6 is 15.9 Å². The summed E-state index contributed by atoms with van der Waals surface area (Å²) in [7, 11) is 1.86. The highest BCUT2D eigenvalue weighted by molar-refractivity contribution is 9.10. The minimum Gasteiger partial charge on any atom is -0.373 e. The van der Waals surface area contributed by atoms with E-state index in [1.165, 1.54) is 0 Å². The summed E-state index contributed by atoms with van der Waals surface area (Å²) in [6.07, 6.45) is 0. The van der Waals surface area contributed by atoms with E-state index in [4.69, 9.17) is 0 Å². The molecule has 10 heavy (non-hydrogen) atoms. The Morgan fingerprint density at radius 1 is 1.50 bits per heavy atom. The number of aryl methyl sites for hydroxylation is 1. The second-order valence-corrected chi connectivity index (χ2v) is 2.86. The van der Waals surface area contributed by atoms with Crippen molar-refractivity contribution < 1.29 is 0 Å². The molecule has 0 bridgehead atoms. The number of halogens is 1. The van der Waals surface area contributed by atoms with Gasteiger partial charge in [0.05, 0.1) is 0 Å². The second kappa shape index (κ2) is 3.01. The maximum Gasteiger partial charge on any atom is 0.129 e. The largest absolute Gasteiger partial charge is 0.373 e. The Bertz CT molecular complexity index is 235. The Morgan fingerprint density at radius 3 is 2.70 bits per heavy atom. The zero-order valence-corrected chi connectivity index (χ0v) is 7.57. The van der Waals surface area contributed by atoms with Gasteiger partial charge in [0.15, 0.2) is 0 Å². The fourth-order valence-electron chi connectivity index (χ4n) is 0.758. The Balaban J connectivity index is 3.09.